The number of rotatable bonds is 2. The lowest BCUT2D eigenvalue weighted by atomic mass is 9.98. The first-order valence-electron chi connectivity index (χ1n) is 5.92. The van der Waals surface area contributed by atoms with E-state index in [1.165, 1.54) is 0 Å². The van der Waals surface area contributed by atoms with Crippen molar-refractivity contribution in [2.45, 2.75) is 19.3 Å². The smallest absolute Gasteiger partial charge is 0.223 e. The molecular weight excluding hydrogens is 192 g/mol. The van der Waals surface area contributed by atoms with Crippen LogP contribution >= 0.6 is 0 Å². The molecule has 0 spiro atoms. The number of hydrogen-bond donors (Lipinski definition) is 1. The highest BCUT2D eigenvalue weighted by Crippen LogP contribution is 2.18. The molecule has 2 aliphatic rings. The third kappa shape index (κ3) is 3.18. The standard InChI is InChI=1S/C11H20N2O2/c14-11(13-5-3-12-4-6-13)8-10-2-1-7-15-9-10/h10,12H,1-9H2. The van der Waals surface area contributed by atoms with Crippen molar-refractivity contribution in [3.05, 3.63) is 0 Å². The van der Waals surface area contributed by atoms with E-state index < -0.39 is 0 Å². The monoisotopic (exact) mass is 212 g/mol. The number of hydrogen-bond acceptors (Lipinski definition) is 3. The van der Waals surface area contributed by atoms with E-state index >= 15 is 0 Å². The topological polar surface area (TPSA) is 41.6 Å². The van der Waals surface area contributed by atoms with Gasteiger partial charge in [-0.3, -0.25) is 4.79 Å². The summed E-state index contributed by atoms with van der Waals surface area (Å²) in [5, 5.41) is 3.25. The molecule has 1 atom stereocenters. The number of amides is 1. The van der Waals surface area contributed by atoms with Gasteiger partial charge in [0, 0.05) is 45.8 Å². The average molecular weight is 212 g/mol. The van der Waals surface area contributed by atoms with Crippen LogP contribution in [-0.2, 0) is 9.53 Å². The van der Waals surface area contributed by atoms with Gasteiger partial charge in [-0.15, -0.1) is 0 Å². The Kier molecular flexibility index (Phi) is 3.97. The van der Waals surface area contributed by atoms with Gasteiger partial charge < -0.3 is 15.0 Å². The molecule has 2 aliphatic heterocycles. The Labute approximate surface area is 91.0 Å². The van der Waals surface area contributed by atoms with E-state index in [4.69, 9.17) is 4.74 Å². The molecule has 4 nitrogen and oxygen atoms in total. The molecule has 1 N–H and O–H groups in total. The molecule has 0 aliphatic carbocycles. The van der Waals surface area contributed by atoms with Gasteiger partial charge in [0.15, 0.2) is 0 Å². The van der Waals surface area contributed by atoms with Gasteiger partial charge in [-0.2, -0.15) is 0 Å². The Balaban J connectivity index is 1.74. The van der Waals surface area contributed by atoms with E-state index in [0.717, 1.165) is 52.2 Å². The summed E-state index contributed by atoms with van der Waals surface area (Å²) in [5.41, 5.74) is 0. The third-order valence-electron chi connectivity index (χ3n) is 3.19. The molecule has 0 saturated carbocycles. The highest BCUT2D eigenvalue weighted by molar-refractivity contribution is 5.76. The van der Waals surface area contributed by atoms with E-state index in [0.29, 0.717) is 18.2 Å². The Bertz CT molecular complexity index is 209. The van der Waals surface area contributed by atoms with E-state index in [9.17, 15) is 4.79 Å². The number of carbonyl (C=O) groups is 1. The van der Waals surface area contributed by atoms with Gasteiger partial charge in [-0.25, -0.2) is 0 Å². The number of carbonyl (C=O) groups excluding carboxylic acids is 1. The Hall–Kier alpha value is -0.610. The summed E-state index contributed by atoms with van der Waals surface area (Å²) in [6, 6.07) is 0. The average Bonchev–Trinajstić information content (AvgIpc) is 2.31. The van der Waals surface area contributed by atoms with Crippen molar-refractivity contribution in [2.75, 3.05) is 39.4 Å². The Morgan fingerprint density at radius 3 is 2.87 bits per heavy atom. The van der Waals surface area contributed by atoms with Gasteiger partial charge in [-0.05, 0) is 18.8 Å². The van der Waals surface area contributed by atoms with Crippen LogP contribution in [0.3, 0.4) is 0 Å². The summed E-state index contributed by atoms with van der Waals surface area (Å²) in [7, 11) is 0. The first kappa shape index (κ1) is 10.9. The van der Waals surface area contributed by atoms with E-state index in [2.05, 4.69) is 5.32 Å². The second-order valence-corrected chi connectivity index (χ2v) is 4.42. The number of ether oxygens (including phenoxy) is 1. The van der Waals surface area contributed by atoms with Gasteiger partial charge in [0.1, 0.15) is 0 Å². The van der Waals surface area contributed by atoms with Crippen LogP contribution in [-0.4, -0.2) is 50.2 Å². The highest BCUT2D eigenvalue weighted by atomic mass is 16.5. The quantitative estimate of drug-likeness (QED) is 0.712. The second kappa shape index (κ2) is 5.47. The van der Waals surface area contributed by atoms with Crippen LogP contribution in [0.4, 0.5) is 0 Å². The van der Waals surface area contributed by atoms with Gasteiger partial charge in [0.05, 0.1) is 0 Å². The summed E-state index contributed by atoms with van der Waals surface area (Å²) >= 11 is 0. The number of nitrogens with one attached hydrogen (secondary N) is 1. The highest BCUT2D eigenvalue weighted by Gasteiger charge is 2.22. The minimum absolute atomic E-state index is 0.312. The first-order valence-corrected chi connectivity index (χ1v) is 5.92. The molecule has 2 fully saturated rings. The zero-order valence-electron chi connectivity index (χ0n) is 9.21. The molecule has 0 aromatic carbocycles. The van der Waals surface area contributed by atoms with Crippen molar-refractivity contribution in [1.82, 2.24) is 10.2 Å². The van der Waals surface area contributed by atoms with E-state index in [1.807, 2.05) is 4.90 Å². The molecular formula is C11H20N2O2. The summed E-state index contributed by atoms with van der Waals surface area (Å²) in [6.45, 7) is 5.26. The minimum atomic E-state index is 0.312. The van der Waals surface area contributed by atoms with Crippen LogP contribution in [0.25, 0.3) is 0 Å². The molecule has 0 aromatic rings. The van der Waals surface area contributed by atoms with E-state index in [-0.39, 0.29) is 0 Å². The van der Waals surface area contributed by atoms with Crippen molar-refractivity contribution in [3.8, 4) is 0 Å². The van der Waals surface area contributed by atoms with Crippen molar-refractivity contribution in [1.29, 1.82) is 0 Å². The van der Waals surface area contributed by atoms with Crippen LogP contribution in [0.15, 0.2) is 0 Å². The zero-order chi connectivity index (χ0) is 10.5. The van der Waals surface area contributed by atoms with Crippen molar-refractivity contribution in [2.24, 2.45) is 5.92 Å². The fourth-order valence-corrected chi connectivity index (χ4v) is 2.26. The van der Waals surface area contributed by atoms with Gasteiger partial charge in [0.25, 0.3) is 0 Å². The van der Waals surface area contributed by atoms with Crippen LogP contribution in [0.5, 0.6) is 0 Å². The van der Waals surface area contributed by atoms with Crippen LogP contribution in [0.1, 0.15) is 19.3 Å². The minimum Gasteiger partial charge on any atom is -0.381 e. The zero-order valence-corrected chi connectivity index (χ0v) is 9.21. The van der Waals surface area contributed by atoms with Crippen LogP contribution in [0.2, 0.25) is 0 Å². The molecule has 2 rings (SSSR count). The van der Waals surface area contributed by atoms with Crippen LogP contribution in [0, 0.1) is 5.92 Å². The second-order valence-electron chi connectivity index (χ2n) is 4.42. The van der Waals surface area contributed by atoms with Crippen molar-refractivity contribution >= 4 is 5.91 Å². The molecule has 0 aromatic heterocycles. The van der Waals surface area contributed by atoms with Crippen LogP contribution < -0.4 is 5.32 Å². The largest absolute Gasteiger partial charge is 0.381 e. The SMILES string of the molecule is O=C(CC1CCCOC1)N1CCNCC1. The maximum Gasteiger partial charge on any atom is 0.223 e. The molecule has 1 unspecified atom stereocenters. The molecule has 0 radical (unpaired) electrons. The van der Waals surface area contributed by atoms with Gasteiger partial charge in [0.2, 0.25) is 5.91 Å². The molecule has 2 heterocycles. The van der Waals surface area contributed by atoms with Gasteiger partial charge in [-0.1, -0.05) is 0 Å². The molecule has 86 valence electrons. The summed E-state index contributed by atoms with van der Waals surface area (Å²) in [4.78, 5) is 13.9. The first-order chi connectivity index (χ1) is 7.36. The van der Waals surface area contributed by atoms with E-state index in [1.54, 1.807) is 0 Å². The maximum atomic E-state index is 11.9. The maximum absolute atomic E-state index is 11.9. The number of nitrogens with zero attached hydrogens (tertiary/aromatic N) is 1. The molecule has 0 bridgehead atoms. The lowest BCUT2D eigenvalue weighted by Gasteiger charge is -2.30. The fourth-order valence-electron chi connectivity index (χ4n) is 2.26. The van der Waals surface area contributed by atoms with Crippen molar-refractivity contribution in [3.63, 3.8) is 0 Å². The molecule has 2 saturated heterocycles. The summed E-state index contributed by atoms with van der Waals surface area (Å²) in [6.07, 6.45) is 2.94. The Morgan fingerprint density at radius 1 is 1.40 bits per heavy atom. The molecule has 1 amide bonds. The van der Waals surface area contributed by atoms with Crippen molar-refractivity contribution < 1.29 is 9.53 Å². The normalized spacial score (nSPS) is 27.7. The Morgan fingerprint density at radius 2 is 2.20 bits per heavy atom. The third-order valence-corrected chi connectivity index (χ3v) is 3.19. The predicted octanol–water partition coefficient (Wildman–Crippen LogP) is 0.235. The lowest BCUT2D eigenvalue weighted by molar-refractivity contribution is -0.133. The van der Waals surface area contributed by atoms with Gasteiger partial charge >= 0.3 is 0 Å². The predicted molar refractivity (Wildman–Crippen MR) is 57.6 cm³/mol. The summed E-state index contributed by atoms with van der Waals surface area (Å²) < 4.78 is 5.39. The molecule has 4 heteroatoms. The lowest BCUT2D eigenvalue weighted by Crippen LogP contribution is -2.47. The summed E-state index contributed by atoms with van der Waals surface area (Å²) in [5.74, 6) is 0.771. The number of piperazine rings is 1. The molecule has 15 heavy (non-hydrogen) atoms. The fraction of sp³-hybridized carbons (Fsp3) is 0.909.